The third kappa shape index (κ3) is 4.95. The fourth-order valence-corrected chi connectivity index (χ4v) is 2.40. The highest BCUT2D eigenvalue weighted by atomic mass is 32.1. The maximum Gasteiger partial charge on any atom is 0.158 e. The van der Waals surface area contributed by atoms with Crippen molar-refractivity contribution in [3.8, 4) is 0 Å². The molecule has 0 radical (unpaired) electrons. The van der Waals surface area contributed by atoms with Crippen LogP contribution in [0.25, 0.3) is 0 Å². The Kier molecular flexibility index (Phi) is 5.89. The molecule has 0 aliphatic heterocycles. The molecule has 2 aromatic heterocycles. The Bertz CT molecular complexity index is 572. The first kappa shape index (κ1) is 15.7. The van der Waals surface area contributed by atoms with Crippen LogP contribution in [0.2, 0.25) is 0 Å². The van der Waals surface area contributed by atoms with Crippen molar-refractivity contribution in [1.82, 2.24) is 15.0 Å². The van der Waals surface area contributed by atoms with Gasteiger partial charge in [0.25, 0.3) is 0 Å². The lowest BCUT2D eigenvalue weighted by Crippen LogP contribution is -2.09. The summed E-state index contributed by atoms with van der Waals surface area (Å²) in [7, 11) is 0. The van der Waals surface area contributed by atoms with Gasteiger partial charge in [-0.1, -0.05) is 0 Å². The van der Waals surface area contributed by atoms with Crippen molar-refractivity contribution in [2.75, 3.05) is 23.8 Å². The van der Waals surface area contributed by atoms with Crippen LogP contribution >= 0.6 is 11.3 Å². The van der Waals surface area contributed by atoms with E-state index in [4.69, 9.17) is 4.74 Å². The second-order valence-corrected chi connectivity index (χ2v) is 5.50. The fraction of sp³-hybridized carbons (Fsp3) is 0.500. The van der Waals surface area contributed by atoms with Crippen LogP contribution in [-0.2, 0) is 17.9 Å². The number of anilines is 2. The number of aromatic nitrogens is 3. The molecule has 0 amide bonds. The van der Waals surface area contributed by atoms with Crippen LogP contribution in [0.15, 0.2) is 11.4 Å². The predicted molar refractivity (Wildman–Crippen MR) is 85.7 cm³/mol. The lowest BCUT2D eigenvalue weighted by molar-refractivity contribution is 0.128. The number of hydrogen-bond donors (Lipinski definition) is 2. The van der Waals surface area contributed by atoms with E-state index in [1.165, 1.54) is 0 Å². The van der Waals surface area contributed by atoms with Crippen molar-refractivity contribution >= 4 is 23.0 Å². The van der Waals surface area contributed by atoms with Gasteiger partial charge in [-0.2, -0.15) is 0 Å². The molecule has 0 aliphatic rings. The molecular formula is C14H21N5OS. The van der Waals surface area contributed by atoms with Gasteiger partial charge in [0.05, 0.1) is 17.2 Å². The minimum Gasteiger partial charge on any atom is -0.374 e. The van der Waals surface area contributed by atoms with Crippen LogP contribution in [0.4, 0.5) is 11.6 Å². The molecule has 0 unspecified atom stereocenters. The number of thiazole rings is 1. The first-order chi connectivity index (χ1) is 10.2. The summed E-state index contributed by atoms with van der Waals surface area (Å²) in [4.78, 5) is 13.3. The van der Waals surface area contributed by atoms with Gasteiger partial charge in [0, 0.05) is 24.6 Å². The van der Waals surface area contributed by atoms with Gasteiger partial charge in [0.1, 0.15) is 18.2 Å². The van der Waals surface area contributed by atoms with E-state index in [0.717, 1.165) is 28.9 Å². The molecule has 0 saturated carbocycles. The molecule has 7 heteroatoms. The van der Waals surface area contributed by atoms with Crippen molar-refractivity contribution in [3.63, 3.8) is 0 Å². The van der Waals surface area contributed by atoms with E-state index in [9.17, 15) is 0 Å². The van der Waals surface area contributed by atoms with Crippen LogP contribution in [-0.4, -0.2) is 28.1 Å². The average molecular weight is 307 g/mol. The highest BCUT2D eigenvalue weighted by molar-refractivity contribution is 7.09. The maximum absolute atomic E-state index is 5.38. The van der Waals surface area contributed by atoms with E-state index in [0.29, 0.717) is 25.6 Å². The highest BCUT2D eigenvalue weighted by Gasteiger charge is 2.05. The predicted octanol–water partition coefficient (Wildman–Crippen LogP) is 2.82. The van der Waals surface area contributed by atoms with Crippen LogP contribution in [0.5, 0.6) is 0 Å². The maximum atomic E-state index is 5.38. The Morgan fingerprint density at radius 1 is 1.14 bits per heavy atom. The van der Waals surface area contributed by atoms with E-state index >= 15 is 0 Å². The summed E-state index contributed by atoms with van der Waals surface area (Å²) in [6.07, 6.45) is 0. The molecule has 0 aromatic carbocycles. The molecule has 0 spiro atoms. The van der Waals surface area contributed by atoms with Gasteiger partial charge in [-0.05, 0) is 20.8 Å². The highest BCUT2D eigenvalue weighted by Crippen LogP contribution is 2.14. The zero-order valence-corrected chi connectivity index (χ0v) is 13.5. The molecule has 2 rings (SSSR count). The zero-order valence-electron chi connectivity index (χ0n) is 12.6. The van der Waals surface area contributed by atoms with Gasteiger partial charge in [-0.15, -0.1) is 11.3 Å². The summed E-state index contributed by atoms with van der Waals surface area (Å²) < 4.78 is 5.38. The SMILES string of the molecule is CCNc1cc(NCc2csc(C)n2)nc(COCC)n1. The minimum atomic E-state index is 0.417. The third-order valence-electron chi connectivity index (χ3n) is 2.68. The van der Waals surface area contributed by atoms with E-state index in [-0.39, 0.29) is 0 Å². The Hall–Kier alpha value is -1.73. The van der Waals surface area contributed by atoms with Crippen molar-refractivity contribution in [3.05, 3.63) is 28.0 Å². The second kappa shape index (κ2) is 7.90. The van der Waals surface area contributed by atoms with E-state index in [2.05, 4.69) is 31.0 Å². The first-order valence-electron chi connectivity index (χ1n) is 7.05. The van der Waals surface area contributed by atoms with Gasteiger partial charge < -0.3 is 15.4 Å². The third-order valence-corrected chi connectivity index (χ3v) is 3.51. The van der Waals surface area contributed by atoms with Crippen LogP contribution in [0.1, 0.15) is 30.4 Å². The molecule has 2 N–H and O–H groups in total. The topological polar surface area (TPSA) is 72.0 Å². The largest absolute Gasteiger partial charge is 0.374 e. The minimum absolute atomic E-state index is 0.417. The molecule has 21 heavy (non-hydrogen) atoms. The van der Waals surface area contributed by atoms with Gasteiger partial charge >= 0.3 is 0 Å². The van der Waals surface area contributed by atoms with Crippen LogP contribution < -0.4 is 10.6 Å². The molecule has 0 aliphatic carbocycles. The number of aryl methyl sites for hydroxylation is 1. The smallest absolute Gasteiger partial charge is 0.158 e. The van der Waals surface area contributed by atoms with Crippen LogP contribution in [0, 0.1) is 6.92 Å². The van der Waals surface area contributed by atoms with E-state index in [1.54, 1.807) is 11.3 Å². The Morgan fingerprint density at radius 2 is 1.90 bits per heavy atom. The average Bonchev–Trinajstić information content (AvgIpc) is 2.89. The molecule has 0 bridgehead atoms. The monoisotopic (exact) mass is 307 g/mol. The normalized spacial score (nSPS) is 10.6. The Labute approximate surface area is 129 Å². The molecule has 2 aromatic rings. The Morgan fingerprint density at radius 3 is 2.52 bits per heavy atom. The first-order valence-corrected chi connectivity index (χ1v) is 7.93. The number of nitrogens with zero attached hydrogens (tertiary/aromatic N) is 3. The second-order valence-electron chi connectivity index (χ2n) is 4.43. The molecule has 6 nitrogen and oxygen atoms in total. The lowest BCUT2D eigenvalue weighted by Gasteiger charge is -2.10. The molecular weight excluding hydrogens is 286 g/mol. The quantitative estimate of drug-likeness (QED) is 0.781. The summed E-state index contributed by atoms with van der Waals surface area (Å²) >= 11 is 1.65. The van der Waals surface area contributed by atoms with Gasteiger partial charge in [0.2, 0.25) is 0 Å². The number of hydrogen-bond acceptors (Lipinski definition) is 7. The van der Waals surface area contributed by atoms with Gasteiger partial charge in [-0.3, -0.25) is 0 Å². The lowest BCUT2D eigenvalue weighted by atomic mass is 10.4. The summed E-state index contributed by atoms with van der Waals surface area (Å²) in [6.45, 7) is 8.53. The van der Waals surface area contributed by atoms with Crippen molar-refractivity contribution in [2.24, 2.45) is 0 Å². The molecule has 0 saturated heterocycles. The van der Waals surface area contributed by atoms with Gasteiger partial charge in [0.15, 0.2) is 5.82 Å². The zero-order chi connectivity index (χ0) is 15.1. The fourth-order valence-electron chi connectivity index (χ4n) is 1.79. The van der Waals surface area contributed by atoms with E-state index in [1.807, 2.05) is 26.8 Å². The summed E-state index contributed by atoms with van der Waals surface area (Å²) in [5.41, 5.74) is 1.02. The van der Waals surface area contributed by atoms with Gasteiger partial charge in [-0.25, -0.2) is 15.0 Å². The standard InChI is InChI=1S/C14H21N5OS/c1-4-15-12-6-13(19-14(18-12)8-20-5-2)16-7-11-9-21-10(3)17-11/h6,9H,4-5,7-8H2,1-3H3,(H2,15,16,18,19). The summed E-state index contributed by atoms with van der Waals surface area (Å²) in [5.74, 6) is 2.26. The summed E-state index contributed by atoms with van der Waals surface area (Å²) in [5, 5.41) is 9.61. The molecule has 114 valence electrons. The number of rotatable bonds is 8. The van der Waals surface area contributed by atoms with Crippen molar-refractivity contribution in [1.29, 1.82) is 0 Å². The van der Waals surface area contributed by atoms with Crippen molar-refractivity contribution in [2.45, 2.75) is 33.9 Å². The van der Waals surface area contributed by atoms with Crippen LogP contribution in [0.3, 0.4) is 0 Å². The Balaban J connectivity index is 2.07. The van der Waals surface area contributed by atoms with E-state index < -0.39 is 0 Å². The molecule has 0 atom stereocenters. The number of nitrogens with one attached hydrogen (secondary N) is 2. The number of ether oxygens (including phenoxy) is 1. The molecule has 2 heterocycles. The van der Waals surface area contributed by atoms with Crippen molar-refractivity contribution < 1.29 is 4.74 Å². The summed E-state index contributed by atoms with van der Waals surface area (Å²) in [6, 6.07) is 1.90. The molecule has 0 fully saturated rings.